The van der Waals surface area contributed by atoms with Gasteiger partial charge >= 0.3 is 6.03 Å². The van der Waals surface area contributed by atoms with E-state index in [1.165, 1.54) is 12.8 Å². The highest BCUT2D eigenvalue weighted by Crippen LogP contribution is 2.22. The van der Waals surface area contributed by atoms with Gasteiger partial charge < -0.3 is 10.2 Å². The molecule has 0 unspecified atom stereocenters. The summed E-state index contributed by atoms with van der Waals surface area (Å²) in [4.78, 5) is 14.6. The van der Waals surface area contributed by atoms with Crippen LogP contribution < -0.4 is 5.32 Å². The normalized spacial score (nSPS) is 18.2. The molecule has 128 valence electrons. The Morgan fingerprint density at radius 1 is 1.29 bits per heavy atom. The van der Waals surface area contributed by atoms with Crippen LogP contribution in [0.4, 0.5) is 10.5 Å². The highest BCUT2D eigenvalue weighted by molar-refractivity contribution is 7.99. The monoisotopic (exact) mass is 344 g/mol. The van der Waals surface area contributed by atoms with E-state index in [9.17, 15) is 4.79 Å². The minimum Gasteiger partial charge on any atom is -0.323 e. The number of hydrogen-bond acceptors (Lipinski definition) is 3. The van der Waals surface area contributed by atoms with Crippen LogP contribution in [-0.4, -0.2) is 45.3 Å². The fourth-order valence-corrected chi connectivity index (χ4v) is 3.77. The summed E-state index contributed by atoms with van der Waals surface area (Å²) in [6.07, 6.45) is 7.31. The lowest BCUT2D eigenvalue weighted by Crippen LogP contribution is -2.38. The van der Waals surface area contributed by atoms with E-state index in [0.717, 1.165) is 36.6 Å². The molecule has 1 fully saturated rings. The van der Waals surface area contributed by atoms with Crippen LogP contribution in [0.3, 0.4) is 0 Å². The number of hydrogen-bond donors (Lipinski definition) is 1. The van der Waals surface area contributed by atoms with Gasteiger partial charge in [0.25, 0.3) is 0 Å². The number of likely N-dealkylation sites (tertiary alicyclic amines) is 1. The maximum absolute atomic E-state index is 12.6. The fourth-order valence-electron chi connectivity index (χ4n) is 3.04. The van der Waals surface area contributed by atoms with Gasteiger partial charge in [0.2, 0.25) is 0 Å². The molecule has 1 atom stereocenters. The van der Waals surface area contributed by atoms with E-state index in [2.05, 4.69) is 16.7 Å². The van der Waals surface area contributed by atoms with Crippen molar-refractivity contribution < 1.29 is 4.79 Å². The van der Waals surface area contributed by atoms with Crippen LogP contribution in [-0.2, 0) is 0 Å². The third-order valence-corrected chi connectivity index (χ3v) is 5.55. The second-order valence-electron chi connectivity index (χ2n) is 6.12. The molecule has 0 aliphatic carbocycles. The zero-order valence-electron chi connectivity index (χ0n) is 14.2. The highest BCUT2D eigenvalue weighted by Gasteiger charge is 2.22. The summed E-state index contributed by atoms with van der Waals surface area (Å²) in [5, 5.41) is 7.98. The molecule has 1 aliphatic rings. The van der Waals surface area contributed by atoms with Gasteiger partial charge in [-0.25, -0.2) is 9.48 Å². The van der Waals surface area contributed by atoms with Crippen molar-refractivity contribution in [3.63, 3.8) is 0 Å². The Balaban J connectivity index is 1.72. The van der Waals surface area contributed by atoms with E-state index in [0.29, 0.717) is 5.25 Å². The zero-order valence-corrected chi connectivity index (χ0v) is 15.1. The number of carbonyl (C=O) groups is 1. The molecule has 0 radical (unpaired) electrons. The number of carbonyl (C=O) groups excluding carboxylic acids is 1. The lowest BCUT2D eigenvalue weighted by atomic mass is 10.2. The maximum atomic E-state index is 12.6. The first-order valence-corrected chi connectivity index (χ1v) is 9.66. The largest absolute Gasteiger partial charge is 0.323 e. The number of aromatic nitrogens is 2. The predicted molar refractivity (Wildman–Crippen MR) is 100 cm³/mol. The number of amides is 2. The molecular formula is C18H24N4OS. The predicted octanol–water partition coefficient (Wildman–Crippen LogP) is 3.93. The minimum atomic E-state index is -0.0216. The molecule has 6 heteroatoms. The quantitative estimate of drug-likeness (QED) is 0.918. The second-order valence-corrected chi connectivity index (χ2v) is 7.26. The van der Waals surface area contributed by atoms with Crippen LogP contribution >= 0.6 is 11.8 Å². The summed E-state index contributed by atoms with van der Waals surface area (Å²) in [5.74, 6) is 0. The summed E-state index contributed by atoms with van der Waals surface area (Å²) < 4.78 is 1.85. The molecule has 2 amide bonds. The number of urea groups is 1. The molecule has 0 saturated carbocycles. The number of nitrogens with one attached hydrogen (secondary N) is 1. The van der Waals surface area contributed by atoms with Gasteiger partial charge in [-0.3, -0.25) is 0 Å². The topological polar surface area (TPSA) is 50.2 Å². The maximum Gasteiger partial charge on any atom is 0.321 e. The average Bonchev–Trinajstić information content (AvgIpc) is 2.83. The Labute approximate surface area is 147 Å². The Morgan fingerprint density at radius 2 is 2.08 bits per heavy atom. The Bertz CT molecular complexity index is 686. The Kier molecular flexibility index (Phi) is 5.45. The third-order valence-electron chi connectivity index (χ3n) is 4.50. The van der Waals surface area contributed by atoms with Gasteiger partial charge in [0, 0.05) is 18.3 Å². The van der Waals surface area contributed by atoms with E-state index in [1.807, 2.05) is 58.6 Å². The molecule has 1 N–H and O–H groups in total. The molecule has 0 spiro atoms. The number of rotatable bonds is 3. The molecule has 24 heavy (non-hydrogen) atoms. The fraction of sp³-hybridized carbons (Fsp3) is 0.444. The van der Waals surface area contributed by atoms with Gasteiger partial charge in [-0.2, -0.15) is 16.9 Å². The highest BCUT2D eigenvalue weighted by atomic mass is 32.2. The first kappa shape index (κ1) is 16.9. The van der Waals surface area contributed by atoms with Crippen molar-refractivity contribution in [1.29, 1.82) is 0 Å². The van der Waals surface area contributed by atoms with Crippen molar-refractivity contribution in [2.75, 3.05) is 24.7 Å². The van der Waals surface area contributed by atoms with E-state index >= 15 is 0 Å². The molecule has 2 aromatic rings. The minimum absolute atomic E-state index is 0.0216. The van der Waals surface area contributed by atoms with Crippen molar-refractivity contribution in [1.82, 2.24) is 14.7 Å². The number of thioether (sulfide) groups is 1. The molecule has 1 saturated heterocycles. The molecule has 1 aromatic carbocycles. The first-order valence-electron chi connectivity index (χ1n) is 8.38. The zero-order chi connectivity index (χ0) is 16.9. The Morgan fingerprint density at radius 3 is 2.83 bits per heavy atom. The van der Waals surface area contributed by atoms with E-state index in [4.69, 9.17) is 0 Å². The van der Waals surface area contributed by atoms with Crippen molar-refractivity contribution >= 4 is 23.5 Å². The lowest BCUT2D eigenvalue weighted by molar-refractivity contribution is 0.214. The van der Waals surface area contributed by atoms with Gasteiger partial charge in [0.1, 0.15) is 0 Å². The van der Waals surface area contributed by atoms with Crippen LogP contribution in [0.25, 0.3) is 5.69 Å². The van der Waals surface area contributed by atoms with Gasteiger partial charge in [0.05, 0.1) is 23.3 Å². The first-order chi connectivity index (χ1) is 11.7. The summed E-state index contributed by atoms with van der Waals surface area (Å²) in [7, 11) is 0. The molecule has 2 heterocycles. The summed E-state index contributed by atoms with van der Waals surface area (Å²) in [5.41, 5.74) is 2.70. The van der Waals surface area contributed by atoms with E-state index < -0.39 is 0 Å². The number of benzene rings is 1. The molecule has 3 rings (SSSR count). The second kappa shape index (κ2) is 7.75. The summed E-state index contributed by atoms with van der Waals surface area (Å²) in [6.45, 7) is 3.62. The molecule has 1 aliphatic heterocycles. The van der Waals surface area contributed by atoms with Crippen molar-refractivity contribution in [2.24, 2.45) is 0 Å². The van der Waals surface area contributed by atoms with Crippen LogP contribution in [0.1, 0.15) is 25.0 Å². The number of nitrogens with zero attached hydrogens (tertiary/aromatic N) is 3. The molecule has 0 bridgehead atoms. The van der Waals surface area contributed by atoms with Gasteiger partial charge in [-0.15, -0.1) is 0 Å². The SMILES string of the molecule is CS[C@@H]1CCCCN(C(=O)Nc2cnn(-c3ccccc3)c2C)C1. The number of anilines is 1. The van der Waals surface area contributed by atoms with Crippen LogP contribution in [0, 0.1) is 6.92 Å². The average molecular weight is 344 g/mol. The Hall–Kier alpha value is -1.95. The van der Waals surface area contributed by atoms with Gasteiger partial charge in [0.15, 0.2) is 0 Å². The lowest BCUT2D eigenvalue weighted by Gasteiger charge is -2.23. The van der Waals surface area contributed by atoms with Crippen molar-refractivity contribution in [3.05, 3.63) is 42.2 Å². The smallest absolute Gasteiger partial charge is 0.321 e. The summed E-state index contributed by atoms with van der Waals surface area (Å²) >= 11 is 1.85. The summed E-state index contributed by atoms with van der Waals surface area (Å²) in [6, 6.07) is 9.93. The van der Waals surface area contributed by atoms with Gasteiger partial charge in [-0.05, 0) is 38.2 Å². The van der Waals surface area contributed by atoms with Gasteiger partial charge in [-0.1, -0.05) is 24.6 Å². The van der Waals surface area contributed by atoms with Crippen LogP contribution in [0.5, 0.6) is 0 Å². The third kappa shape index (κ3) is 3.75. The number of para-hydroxylation sites is 1. The molecule has 1 aromatic heterocycles. The van der Waals surface area contributed by atoms with Crippen molar-refractivity contribution in [2.45, 2.75) is 31.4 Å². The van der Waals surface area contributed by atoms with E-state index in [1.54, 1.807) is 6.20 Å². The van der Waals surface area contributed by atoms with Crippen molar-refractivity contribution in [3.8, 4) is 5.69 Å². The van der Waals surface area contributed by atoms with E-state index in [-0.39, 0.29) is 6.03 Å². The molecular weight excluding hydrogens is 320 g/mol. The molecule has 5 nitrogen and oxygen atoms in total. The van der Waals surface area contributed by atoms with Crippen LogP contribution in [0.2, 0.25) is 0 Å². The van der Waals surface area contributed by atoms with Crippen LogP contribution in [0.15, 0.2) is 36.5 Å². The standard InChI is InChI=1S/C18H24N4OS/c1-14-17(12-19-22(14)15-8-4-3-5-9-15)20-18(23)21-11-7-6-10-16(13-21)24-2/h3-5,8-9,12,16H,6-7,10-11,13H2,1-2H3,(H,20,23)/t16-/m1/s1.